The molecular formula is C9H20O3S. The van der Waals surface area contributed by atoms with Crippen molar-refractivity contribution >= 4 is 10.3 Å². The number of ether oxygens (including phenoxy) is 2. The Hall–Kier alpha value is 0.230. The number of hydrogen-bond acceptors (Lipinski definition) is 3. The zero-order chi connectivity index (χ0) is 9.73. The van der Waals surface area contributed by atoms with Gasteiger partial charge in [-0.1, -0.05) is 0 Å². The van der Waals surface area contributed by atoms with E-state index in [0.29, 0.717) is 19.8 Å². The van der Waals surface area contributed by atoms with E-state index in [-0.39, 0.29) is 6.10 Å². The largest absolute Gasteiger partial charge is 0.380 e. The summed E-state index contributed by atoms with van der Waals surface area (Å²) in [6.07, 6.45) is 0.267. The van der Waals surface area contributed by atoms with Crippen molar-refractivity contribution in [3.8, 4) is 0 Å². The van der Waals surface area contributed by atoms with Crippen LogP contribution in [0, 0.1) is 0 Å². The molecule has 0 bridgehead atoms. The first-order chi connectivity index (χ1) is 6.12. The van der Waals surface area contributed by atoms with Crippen molar-refractivity contribution < 1.29 is 14.0 Å². The minimum absolute atomic E-state index is 0.267. The van der Waals surface area contributed by atoms with Crippen LogP contribution in [0.4, 0.5) is 0 Å². The van der Waals surface area contributed by atoms with Gasteiger partial charge in [-0.15, -0.1) is 10.3 Å². The second-order valence-electron chi connectivity index (χ2n) is 3.64. The van der Waals surface area contributed by atoms with Gasteiger partial charge in [0, 0.05) is 17.3 Å². The molecule has 3 nitrogen and oxygen atoms in total. The second kappa shape index (κ2) is 5.20. The summed E-state index contributed by atoms with van der Waals surface area (Å²) in [5.41, 5.74) is 0. The molecule has 0 atom stereocenters. The van der Waals surface area contributed by atoms with Gasteiger partial charge in [0.15, 0.2) is 0 Å². The van der Waals surface area contributed by atoms with Crippen molar-refractivity contribution in [1.29, 1.82) is 0 Å². The normalized spacial score (nSPS) is 24.6. The van der Waals surface area contributed by atoms with Crippen molar-refractivity contribution in [2.24, 2.45) is 0 Å². The molecule has 0 aromatic heterocycles. The Kier molecular flexibility index (Phi) is 4.52. The van der Waals surface area contributed by atoms with Gasteiger partial charge in [0.05, 0.1) is 25.9 Å². The van der Waals surface area contributed by atoms with Crippen LogP contribution in [-0.2, 0) is 9.47 Å². The van der Waals surface area contributed by atoms with E-state index in [1.165, 1.54) is 0 Å². The molecule has 13 heavy (non-hydrogen) atoms. The van der Waals surface area contributed by atoms with Crippen LogP contribution in [-0.4, -0.2) is 47.7 Å². The van der Waals surface area contributed by atoms with Gasteiger partial charge in [-0.2, -0.15) is 0 Å². The van der Waals surface area contributed by atoms with Gasteiger partial charge in [0.2, 0.25) is 0 Å². The second-order valence-corrected chi connectivity index (χ2v) is 6.87. The van der Waals surface area contributed by atoms with Crippen molar-refractivity contribution in [3.05, 3.63) is 0 Å². The monoisotopic (exact) mass is 208 g/mol. The summed E-state index contributed by atoms with van der Waals surface area (Å²) in [4.78, 5) is 0. The quantitative estimate of drug-likeness (QED) is 0.764. The van der Waals surface area contributed by atoms with Crippen LogP contribution in [0.25, 0.3) is 0 Å². The van der Waals surface area contributed by atoms with Gasteiger partial charge in [-0.05, 0) is 13.8 Å². The zero-order valence-electron chi connectivity index (χ0n) is 8.49. The molecule has 1 aliphatic heterocycles. The Morgan fingerprint density at radius 3 is 2.54 bits per heavy atom. The zero-order valence-corrected chi connectivity index (χ0v) is 9.31. The van der Waals surface area contributed by atoms with Gasteiger partial charge in [0.25, 0.3) is 0 Å². The number of rotatable bonds is 4. The Morgan fingerprint density at radius 2 is 2.00 bits per heavy atom. The molecule has 0 saturated carbocycles. The molecule has 0 aliphatic carbocycles. The minimum atomic E-state index is -1.39. The molecule has 0 spiro atoms. The fourth-order valence-corrected chi connectivity index (χ4v) is 3.15. The Balaban J connectivity index is 2.17. The third-order valence-corrected chi connectivity index (χ3v) is 4.91. The highest BCUT2D eigenvalue weighted by atomic mass is 32.3. The van der Waals surface area contributed by atoms with Gasteiger partial charge in [0.1, 0.15) is 0 Å². The standard InChI is InChI=1S/C9H20O3S/c1-9(2)12-5-8-13(10)6-3-11-4-7-13/h9-10H,3-8H2,1-2H3. The van der Waals surface area contributed by atoms with E-state index in [0.717, 1.165) is 17.3 Å². The van der Waals surface area contributed by atoms with Crippen LogP contribution in [0.15, 0.2) is 0 Å². The van der Waals surface area contributed by atoms with Crippen molar-refractivity contribution in [3.63, 3.8) is 0 Å². The maximum atomic E-state index is 10.1. The lowest BCUT2D eigenvalue weighted by molar-refractivity contribution is 0.0904. The highest BCUT2D eigenvalue weighted by Crippen LogP contribution is 2.44. The average molecular weight is 208 g/mol. The van der Waals surface area contributed by atoms with E-state index >= 15 is 0 Å². The molecule has 0 unspecified atom stereocenters. The van der Waals surface area contributed by atoms with E-state index in [1.54, 1.807) is 0 Å². The average Bonchev–Trinajstić information content (AvgIpc) is 2.04. The minimum Gasteiger partial charge on any atom is -0.380 e. The molecule has 1 saturated heterocycles. The maximum Gasteiger partial charge on any atom is 0.0565 e. The van der Waals surface area contributed by atoms with Crippen LogP contribution in [0.2, 0.25) is 0 Å². The Morgan fingerprint density at radius 1 is 1.38 bits per heavy atom. The summed E-state index contributed by atoms with van der Waals surface area (Å²) >= 11 is 0. The predicted octanol–water partition coefficient (Wildman–Crippen LogP) is 1.72. The molecule has 1 N–H and O–H groups in total. The summed E-state index contributed by atoms with van der Waals surface area (Å²) in [6.45, 7) is 6.15. The van der Waals surface area contributed by atoms with Crippen LogP contribution < -0.4 is 0 Å². The van der Waals surface area contributed by atoms with E-state index in [2.05, 4.69) is 0 Å². The van der Waals surface area contributed by atoms with Crippen LogP contribution in [0.5, 0.6) is 0 Å². The summed E-state index contributed by atoms with van der Waals surface area (Å²) in [5, 5.41) is 0. The van der Waals surface area contributed by atoms with Crippen LogP contribution in [0.1, 0.15) is 13.8 Å². The SMILES string of the molecule is CC(C)OCCS1(O)CCOCC1. The molecule has 0 aromatic carbocycles. The fraction of sp³-hybridized carbons (Fsp3) is 1.00. The van der Waals surface area contributed by atoms with E-state index in [1.807, 2.05) is 13.8 Å². The lowest BCUT2D eigenvalue weighted by atomic mass is 10.5. The third kappa shape index (κ3) is 4.31. The predicted molar refractivity (Wildman–Crippen MR) is 56.7 cm³/mol. The van der Waals surface area contributed by atoms with E-state index < -0.39 is 10.3 Å². The lowest BCUT2D eigenvalue weighted by Crippen LogP contribution is -2.27. The summed E-state index contributed by atoms with van der Waals surface area (Å²) in [5.74, 6) is 2.47. The van der Waals surface area contributed by atoms with Gasteiger partial charge in [-0.25, -0.2) is 0 Å². The van der Waals surface area contributed by atoms with E-state index in [9.17, 15) is 4.55 Å². The molecular weight excluding hydrogens is 188 g/mol. The highest BCUT2D eigenvalue weighted by Gasteiger charge is 2.23. The topological polar surface area (TPSA) is 38.7 Å². The first-order valence-corrected chi connectivity index (χ1v) is 6.90. The first-order valence-electron chi connectivity index (χ1n) is 4.81. The fourth-order valence-electron chi connectivity index (χ4n) is 1.28. The van der Waals surface area contributed by atoms with E-state index in [4.69, 9.17) is 9.47 Å². The van der Waals surface area contributed by atoms with Crippen LogP contribution in [0.3, 0.4) is 0 Å². The molecule has 0 amide bonds. The van der Waals surface area contributed by atoms with Gasteiger partial charge >= 0.3 is 0 Å². The van der Waals surface area contributed by atoms with Crippen molar-refractivity contribution in [1.82, 2.24) is 0 Å². The van der Waals surface area contributed by atoms with Crippen LogP contribution >= 0.6 is 10.3 Å². The molecule has 0 radical (unpaired) electrons. The highest BCUT2D eigenvalue weighted by molar-refractivity contribution is 8.29. The lowest BCUT2D eigenvalue weighted by Gasteiger charge is -2.37. The first kappa shape index (κ1) is 11.3. The Bertz CT molecular complexity index is 144. The maximum absolute atomic E-state index is 10.1. The molecule has 1 fully saturated rings. The number of hydrogen-bond donors (Lipinski definition) is 1. The smallest absolute Gasteiger partial charge is 0.0565 e. The summed E-state index contributed by atoms with van der Waals surface area (Å²) in [7, 11) is -1.39. The molecule has 1 rings (SSSR count). The molecule has 1 aliphatic rings. The third-order valence-electron chi connectivity index (χ3n) is 2.13. The van der Waals surface area contributed by atoms with Crippen molar-refractivity contribution in [2.45, 2.75) is 20.0 Å². The molecule has 0 aromatic rings. The summed E-state index contributed by atoms with van der Waals surface area (Å²) < 4.78 is 20.7. The summed E-state index contributed by atoms with van der Waals surface area (Å²) in [6, 6.07) is 0. The van der Waals surface area contributed by atoms with Crippen molar-refractivity contribution in [2.75, 3.05) is 37.1 Å². The molecule has 1 heterocycles. The van der Waals surface area contributed by atoms with Gasteiger partial charge in [-0.3, -0.25) is 0 Å². The molecule has 4 heteroatoms. The Labute approximate surface area is 81.9 Å². The molecule has 80 valence electrons. The van der Waals surface area contributed by atoms with Gasteiger partial charge < -0.3 is 14.0 Å².